The maximum absolute atomic E-state index is 13.3. The quantitative estimate of drug-likeness (QED) is 0.628. The minimum atomic E-state index is -0.461. The van der Waals surface area contributed by atoms with Crippen molar-refractivity contribution in [3.05, 3.63) is 53.8 Å². The second-order valence-corrected chi connectivity index (χ2v) is 6.46. The molecule has 0 aliphatic rings. The van der Waals surface area contributed by atoms with Gasteiger partial charge < -0.3 is 0 Å². The fraction of sp³-hybridized carbons (Fsp3) is 0. The van der Waals surface area contributed by atoms with Gasteiger partial charge in [0, 0.05) is 10.0 Å². The number of benzene rings is 1. The monoisotopic (exact) mass is 396 g/mol. The van der Waals surface area contributed by atoms with Crippen LogP contribution in [0.15, 0.2) is 33.2 Å². The molecule has 0 amide bonds. The van der Waals surface area contributed by atoms with E-state index in [0.717, 1.165) is 11.3 Å². The van der Waals surface area contributed by atoms with Crippen molar-refractivity contribution in [2.75, 3.05) is 0 Å². The van der Waals surface area contributed by atoms with Gasteiger partial charge >= 0.3 is 0 Å². The first-order valence-electron chi connectivity index (χ1n) is 4.44. The van der Waals surface area contributed by atoms with Gasteiger partial charge in [-0.3, -0.25) is 4.79 Å². The molecule has 88 valence electrons. The molecule has 0 spiro atoms. The number of ketones is 1. The van der Waals surface area contributed by atoms with Crippen LogP contribution in [0.1, 0.15) is 15.2 Å². The molecule has 1 aromatic carbocycles. The Bertz CT molecular complexity index is 578. The summed E-state index contributed by atoms with van der Waals surface area (Å²) in [4.78, 5) is 12.6. The number of halogens is 4. The number of hydrogen-bond acceptors (Lipinski definition) is 2. The Balaban J connectivity index is 2.47. The van der Waals surface area contributed by atoms with Crippen molar-refractivity contribution in [1.82, 2.24) is 0 Å². The Labute approximate surface area is 123 Å². The average molecular weight is 398 g/mol. The number of rotatable bonds is 2. The van der Waals surface area contributed by atoms with E-state index in [9.17, 15) is 9.18 Å². The molecule has 0 N–H and O–H groups in total. The van der Waals surface area contributed by atoms with E-state index in [0.29, 0.717) is 13.7 Å². The lowest BCUT2D eigenvalue weighted by Gasteiger charge is -2.02. The smallest absolute Gasteiger partial charge is 0.204 e. The Hall–Kier alpha value is -0.230. The van der Waals surface area contributed by atoms with Gasteiger partial charge in [-0.2, -0.15) is 0 Å². The first kappa shape index (κ1) is 13.2. The molecule has 2 aromatic rings. The van der Waals surface area contributed by atoms with Gasteiger partial charge in [0.25, 0.3) is 0 Å². The van der Waals surface area contributed by atoms with Gasteiger partial charge in [-0.1, -0.05) is 17.7 Å². The summed E-state index contributed by atoms with van der Waals surface area (Å²) in [5.41, 5.74) is 0.287. The normalized spacial score (nSPS) is 10.6. The summed E-state index contributed by atoms with van der Waals surface area (Å²) in [6.45, 7) is 0. The van der Waals surface area contributed by atoms with Crippen LogP contribution in [0.25, 0.3) is 0 Å². The molecule has 1 aromatic heterocycles. The molecule has 0 aliphatic carbocycles. The topological polar surface area (TPSA) is 17.1 Å². The van der Waals surface area contributed by atoms with Crippen molar-refractivity contribution in [1.29, 1.82) is 0 Å². The molecule has 17 heavy (non-hydrogen) atoms. The minimum absolute atomic E-state index is 0.172. The largest absolute Gasteiger partial charge is 0.288 e. The van der Waals surface area contributed by atoms with Crippen LogP contribution in [0.5, 0.6) is 0 Å². The van der Waals surface area contributed by atoms with Crippen molar-refractivity contribution >= 4 is 60.6 Å². The van der Waals surface area contributed by atoms with Crippen molar-refractivity contribution in [2.45, 2.75) is 0 Å². The van der Waals surface area contributed by atoms with E-state index in [1.165, 1.54) is 12.1 Å². The molecule has 2 rings (SSSR count). The summed E-state index contributed by atoms with van der Waals surface area (Å²) in [7, 11) is 0. The van der Waals surface area contributed by atoms with Gasteiger partial charge in [-0.05, 0) is 50.1 Å². The third-order valence-electron chi connectivity index (χ3n) is 2.07. The number of carbonyl (C=O) groups is 1. The second kappa shape index (κ2) is 5.18. The molecule has 0 atom stereocenters. The van der Waals surface area contributed by atoms with Crippen LogP contribution in [0.2, 0.25) is 4.34 Å². The molecule has 0 bridgehead atoms. The van der Waals surface area contributed by atoms with E-state index in [2.05, 4.69) is 31.9 Å². The maximum Gasteiger partial charge on any atom is 0.204 e. The third-order valence-corrected chi connectivity index (χ3v) is 5.34. The van der Waals surface area contributed by atoms with E-state index in [4.69, 9.17) is 11.6 Å². The summed E-state index contributed by atoms with van der Waals surface area (Å²) >= 11 is 13.3. The van der Waals surface area contributed by atoms with Gasteiger partial charge in [0.2, 0.25) is 5.78 Å². The highest BCUT2D eigenvalue weighted by molar-refractivity contribution is 9.11. The summed E-state index contributed by atoms with van der Waals surface area (Å²) < 4.78 is 14.6. The van der Waals surface area contributed by atoms with Crippen molar-refractivity contribution in [2.24, 2.45) is 0 Å². The molecule has 6 heteroatoms. The second-order valence-electron chi connectivity index (χ2n) is 3.16. The van der Waals surface area contributed by atoms with Crippen molar-refractivity contribution < 1.29 is 9.18 Å². The fourth-order valence-electron chi connectivity index (χ4n) is 1.27. The van der Waals surface area contributed by atoms with Gasteiger partial charge in [-0.25, -0.2) is 4.39 Å². The zero-order valence-corrected chi connectivity index (χ0v) is 12.9. The van der Waals surface area contributed by atoms with Crippen LogP contribution in [-0.2, 0) is 0 Å². The van der Waals surface area contributed by atoms with E-state index in [-0.39, 0.29) is 15.8 Å². The van der Waals surface area contributed by atoms with Crippen LogP contribution < -0.4 is 0 Å². The zero-order valence-electron chi connectivity index (χ0n) is 8.14. The van der Waals surface area contributed by atoms with Gasteiger partial charge in [0.15, 0.2) is 0 Å². The molecular formula is C11H4Br2ClFOS. The molecule has 0 radical (unpaired) electrons. The highest BCUT2D eigenvalue weighted by atomic mass is 79.9. The lowest BCUT2D eigenvalue weighted by atomic mass is 10.1. The Morgan fingerprint density at radius 2 is 2.06 bits per heavy atom. The average Bonchev–Trinajstić information content (AvgIpc) is 2.62. The summed E-state index contributed by atoms with van der Waals surface area (Å²) in [6, 6.07) is 5.99. The van der Waals surface area contributed by atoms with Gasteiger partial charge in [0.1, 0.15) is 10.2 Å². The van der Waals surface area contributed by atoms with Crippen LogP contribution in [0, 0.1) is 5.82 Å². The molecule has 0 unspecified atom stereocenters. The maximum atomic E-state index is 13.3. The molecule has 0 fully saturated rings. The van der Waals surface area contributed by atoms with Crippen LogP contribution >= 0.6 is 54.8 Å². The lowest BCUT2D eigenvalue weighted by Crippen LogP contribution is -2.00. The SMILES string of the molecule is O=C(c1cc(Br)c(Cl)s1)c1cccc(F)c1Br. The molecule has 1 heterocycles. The van der Waals surface area contributed by atoms with E-state index in [1.807, 2.05) is 0 Å². The highest BCUT2D eigenvalue weighted by Crippen LogP contribution is 2.34. The molecule has 0 saturated carbocycles. The van der Waals surface area contributed by atoms with Crippen LogP contribution in [-0.4, -0.2) is 5.78 Å². The summed E-state index contributed by atoms with van der Waals surface area (Å²) in [6.07, 6.45) is 0. The minimum Gasteiger partial charge on any atom is -0.288 e. The Kier molecular flexibility index (Phi) is 4.02. The van der Waals surface area contributed by atoms with Crippen molar-refractivity contribution in [3.8, 4) is 0 Å². The van der Waals surface area contributed by atoms with Gasteiger partial charge in [-0.15, -0.1) is 11.3 Å². The summed E-state index contributed by atoms with van der Waals surface area (Å²) in [5.74, 6) is -0.716. The lowest BCUT2D eigenvalue weighted by molar-refractivity contribution is 0.104. The predicted octanol–water partition coefficient (Wildman–Crippen LogP) is 5.30. The number of thiophene rings is 1. The molecule has 0 saturated heterocycles. The highest BCUT2D eigenvalue weighted by Gasteiger charge is 2.18. The number of carbonyl (C=O) groups excluding carboxylic acids is 1. The van der Waals surface area contributed by atoms with E-state index < -0.39 is 5.82 Å². The first-order chi connectivity index (χ1) is 8.00. The Morgan fingerprint density at radius 3 is 2.65 bits per heavy atom. The van der Waals surface area contributed by atoms with Crippen LogP contribution in [0.4, 0.5) is 4.39 Å². The zero-order chi connectivity index (χ0) is 12.6. The Morgan fingerprint density at radius 1 is 1.35 bits per heavy atom. The predicted molar refractivity (Wildman–Crippen MR) is 74.6 cm³/mol. The summed E-state index contributed by atoms with van der Waals surface area (Å²) in [5, 5.41) is 0. The van der Waals surface area contributed by atoms with E-state index in [1.54, 1.807) is 12.1 Å². The fourth-order valence-corrected chi connectivity index (χ4v) is 3.37. The van der Waals surface area contributed by atoms with Crippen LogP contribution in [0.3, 0.4) is 0 Å². The molecule has 1 nitrogen and oxygen atoms in total. The first-order valence-corrected chi connectivity index (χ1v) is 7.22. The standard InChI is InChI=1S/C11H4Br2ClFOS/c12-6-4-8(17-11(6)14)10(16)5-2-1-3-7(15)9(5)13/h1-4H. The van der Waals surface area contributed by atoms with E-state index >= 15 is 0 Å². The number of hydrogen-bond donors (Lipinski definition) is 0. The van der Waals surface area contributed by atoms with Crippen molar-refractivity contribution in [3.63, 3.8) is 0 Å². The van der Waals surface area contributed by atoms with Gasteiger partial charge in [0.05, 0.1) is 9.35 Å². The molecular weight excluding hydrogens is 394 g/mol. The third kappa shape index (κ3) is 2.62. The molecule has 0 aliphatic heterocycles.